The number of amides is 1. The number of nitrogens with one attached hydrogen (secondary N) is 1. The number of rotatable bonds is 8. The summed E-state index contributed by atoms with van der Waals surface area (Å²) in [5.41, 5.74) is 0. The Kier molecular flexibility index (Phi) is 8.16. The van der Waals surface area contributed by atoms with Crippen LogP contribution >= 0.6 is 23.2 Å². The Balaban J connectivity index is 1.44. The van der Waals surface area contributed by atoms with Gasteiger partial charge in [0.2, 0.25) is 15.9 Å². The third-order valence-electron chi connectivity index (χ3n) is 5.06. The van der Waals surface area contributed by atoms with Gasteiger partial charge in [-0.3, -0.25) is 4.79 Å². The van der Waals surface area contributed by atoms with Gasteiger partial charge in [-0.15, -0.1) is 0 Å². The molecule has 1 saturated heterocycles. The summed E-state index contributed by atoms with van der Waals surface area (Å²) in [5.74, 6) is -0.647. The topological polar surface area (TPSA) is 75.7 Å². The van der Waals surface area contributed by atoms with Crippen LogP contribution in [0.5, 0.6) is 5.75 Å². The van der Waals surface area contributed by atoms with E-state index in [1.807, 2.05) is 0 Å². The van der Waals surface area contributed by atoms with Crippen LogP contribution in [0.3, 0.4) is 0 Å². The number of hydrogen-bond donors (Lipinski definition) is 1. The molecule has 1 aliphatic rings. The van der Waals surface area contributed by atoms with Crippen molar-refractivity contribution in [3.8, 4) is 5.75 Å². The monoisotopic (exact) mass is 488 g/mol. The van der Waals surface area contributed by atoms with Gasteiger partial charge in [-0.25, -0.2) is 12.8 Å². The number of ether oxygens (including phenoxy) is 1. The number of hydrogen-bond acceptors (Lipinski definition) is 4. The summed E-state index contributed by atoms with van der Waals surface area (Å²) in [6.45, 7) is 1.08. The molecule has 0 unspecified atom stereocenters. The number of carbonyl (C=O) groups excluding carboxylic acids is 1. The maximum absolute atomic E-state index is 13.5. The zero-order chi connectivity index (χ0) is 22.4. The molecule has 1 heterocycles. The first kappa shape index (κ1) is 23.8. The van der Waals surface area contributed by atoms with E-state index in [0.29, 0.717) is 25.8 Å². The lowest BCUT2D eigenvalue weighted by Gasteiger charge is -2.31. The molecule has 1 amide bonds. The van der Waals surface area contributed by atoms with Gasteiger partial charge in [-0.2, -0.15) is 4.31 Å². The summed E-state index contributed by atoms with van der Waals surface area (Å²) in [4.78, 5) is 12.3. The minimum Gasteiger partial charge on any atom is -0.490 e. The fraction of sp³-hybridized carbons (Fsp3) is 0.381. The van der Waals surface area contributed by atoms with E-state index >= 15 is 0 Å². The Bertz CT molecular complexity index is 1010. The van der Waals surface area contributed by atoms with Gasteiger partial charge in [-0.1, -0.05) is 41.4 Å². The summed E-state index contributed by atoms with van der Waals surface area (Å²) in [6, 6.07) is 10.7. The van der Waals surface area contributed by atoms with E-state index in [1.165, 1.54) is 22.5 Å². The molecular weight excluding hydrogens is 466 g/mol. The fourth-order valence-electron chi connectivity index (χ4n) is 3.39. The van der Waals surface area contributed by atoms with Crippen molar-refractivity contribution < 1.29 is 22.3 Å². The van der Waals surface area contributed by atoms with E-state index in [4.69, 9.17) is 27.9 Å². The summed E-state index contributed by atoms with van der Waals surface area (Å²) in [7, 11) is -3.84. The van der Waals surface area contributed by atoms with Crippen molar-refractivity contribution in [3.05, 3.63) is 58.3 Å². The standard InChI is InChI=1S/C21H23Cl2FN2O4S/c22-16-5-3-6-17(23)20(16)31(28,29)26-12-9-15(10-13-26)21(27)25-11-4-14-30-19-8-2-1-7-18(19)24/h1-3,5-8,15H,4,9-14H2,(H,25,27). The van der Waals surface area contributed by atoms with E-state index < -0.39 is 15.8 Å². The summed E-state index contributed by atoms with van der Waals surface area (Å²) < 4.78 is 46.0. The molecule has 6 nitrogen and oxygen atoms in total. The Labute approximate surface area is 191 Å². The second kappa shape index (κ2) is 10.6. The van der Waals surface area contributed by atoms with Crippen LogP contribution in [-0.4, -0.2) is 44.9 Å². The number of para-hydroxylation sites is 1. The van der Waals surface area contributed by atoms with Crippen LogP contribution in [-0.2, 0) is 14.8 Å². The van der Waals surface area contributed by atoms with Gasteiger partial charge in [0, 0.05) is 25.6 Å². The Morgan fingerprint density at radius 2 is 1.74 bits per heavy atom. The van der Waals surface area contributed by atoms with Crippen molar-refractivity contribution in [1.82, 2.24) is 9.62 Å². The van der Waals surface area contributed by atoms with Crippen LogP contribution in [0.25, 0.3) is 0 Å². The zero-order valence-electron chi connectivity index (χ0n) is 16.7. The van der Waals surface area contributed by atoms with E-state index in [-0.39, 0.29) is 52.2 Å². The van der Waals surface area contributed by atoms with Gasteiger partial charge >= 0.3 is 0 Å². The molecule has 0 radical (unpaired) electrons. The van der Waals surface area contributed by atoms with Crippen molar-refractivity contribution in [3.63, 3.8) is 0 Å². The van der Waals surface area contributed by atoms with Crippen LogP contribution < -0.4 is 10.1 Å². The van der Waals surface area contributed by atoms with Crippen molar-refractivity contribution >= 4 is 39.1 Å². The van der Waals surface area contributed by atoms with Crippen LogP contribution in [0.1, 0.15) is 19.3 Å². The molecule has 1 aliphatic heterocycles. The van der Waals surface area contributed by atoms with E-state index in [2.05, 4.69) is 5.32 Å². The minimum absolute atomic E-state index is 0.0740. The van der Waals surface area contributed by atoms with Crippen LogP contribution in [0.4, 0.5) is 4.39 Å². The zero-order valence-corrected chi connectivity index (χ0v) is 19.0. The molecule has 0 aliphatic carbocycles. The Morgan fingerprint density at radius 3 is 2.39 bits per heavy atom. The third-order valence-corrected chi connectivity index (χ3v) is 7.91. The van der Waals surface area contributed by atoms with E-state index in [0.717, 1.165) is 0 Å². The lowest BCUT2D eigenvalue weighted by atomic mass is 9.97. The summed E-state index contributed by atoms with van der Waals surface area (Å²) >= 11 is 12.1. The second-order valence-electron chi connectivity index (χ2n) is 7.15. The van der Waals surface area contributed by atoms with Crippen molar-refractivity contribution in [2.75, 3.05) is 26.2 Å². The number of piperidine rings is 1. The van der Waals surface area contributed by atoms with E-state index in [1.54, 1.807) is 24.3 Å². The number of halogens is 3. The molecular formula is C21H23Cl2FN2O4S. The van der Waals surface area contributed by atoms with Crippen LogP contribution in [0.2, 0.25) is 10.0 Å². The number of carbonyl (C=O) groups is 1. The highest BCUT2D eigenvalue weighted by atomic mass is 35.5. The molecule has 1 N–H and O–H groups in total. The highest BCUT2D eigenvalue weighted by molar-refractivity contribution is 7.89. The molecule has 10 heteroatoms. The molecule has 0 bridgehead atoms. The molecule has 2 aromatic carbocycles. The second-order valence-corrected chi connectivity index (χ2v) is 9.84. The maximum atomic E-state index is 13.5. The van der Waals surface area contributed by atoms with Crippen molar-refractivity contribution in [2.45, 2.75) is 24.2 Å². The maximum Gasteiger partial charge on any atom is 0.246 e. The van der Waals surface area contributed by atoms with Gasteiger partial charge in [0.05, 0.1) is 16.7 Å². The minimum atomic E-state index is -3.84. The summed E-state index contributed by atoms with van der Waals surface area (Å²) in [5, 5.41) is 2.98. The molecule has 0 aromatic heterocycles. The highest BCUT2D eigenvalue weighted by Crippen LogP contribution is 2.33. The first-order valence-electron chi connectivity index (χ1n) is 9.90. The molecule has 0 saturated carbocycles. The first-order valence-corrected chi connectivity index (χ1v) is 12.1. The molecule has 31 heavy (non-hydrogen) atoms. The average molecular weight is 489 g/mol. The van der Waals surface area contributed by atoms with Gasteiger partial charge in [0.1, 0.15) is 4.90 Å². The van der Waals surface area contributed by atoms with Crippen LogP contribution in [0, 0.1) is 11.7 Å². The smallest absolute Gasteiger partial charge is 0.246 e. The molecule has 2 aromatic rings. The van der Waals surface area contributed by atoms with Gasteiger partial charge in [-0.05, 0) is 43.5 Å². The normalized spacial score (nSPS) is 15.6. The lowest BCUT2D eigenvalue weighted by Crippen LogP contribution is -2.43. The lowest BCUT2D eigenvalue weighted by molar-refractivity contribution is -0.126. The SMILES string of the molecule is O=C(NCCCOc1ccccc1F)C1CCN(S(=O)(=O)c2c(Cl)cccc2Cl)CC1. The number of nitrogens with zero attached hydrogens (tertiary/aromatic N) is 1. The van der Waals surface area contributed by atoms with Gasteiger partial charge in [0.25, 0.3) is 0 Å². The Hall–Kier alpha value is -1.87. The molecule has 0 spiro atoms. The van der Waals surface area contributed by atoms with Gasteiger partial charge < -0.3 is 10.1 Å². The molecule has 168 valence electrons. The third kappa shape index (κ3) is 5.88. The van der Waals surface area contributed by atoms with Crippen molar-refractivity contribution in [2.24, 2.45) is 5.92 Å². The predicted molar refractivity (Wildman–Crippen MR) is 117 cm³/mol. The quantitative estimate of drug-likeness (QED) is 0.567. The average Bonchev–Trinajstić information content (AvgIpc) is 2.74. The number of benzene rings is 2. The van der Waals surface area contributed by atoms with E-state index in [9.17, 15) is 17.6 Å². The Morgan fingerprint density at radius 1 is 1.10 bits per heavy atom. The molecule has 1 fully saturated rings. The largest absolute Gasteiger partial charge is 0.490 e. The first-order chi connectivity index (χ1) is 14.8. The van der Waals surface area contributed by atoms with Crippen LogP contribution in [0.15, 0.2) is 47.4 Å². The highest BCUT2D eigenvalue weighted by Gasteiger charge is 2.34. The molecule has 3 rings (SSSR count). The predicted octanol–water partition coefficient (Wildman–Crippen LogP) is 4.12. The molecule has 0 atom stereocenters. The fourth-order valence-corrected chi connectivity index (χ4v) is 5.95. The summed E-state index contributed by atoms with van der Waals surface area (Å²) in [6.07, 6.45) is 1.33. The van der Waals surface area contributed by atoms with Gasteiger partial charge in [0.15, 0.2) is 11.6 Å². The van der Waals surface area contributed by atoms with Crippen molar-refractivity contribution in [1.29, 1.82) is 0 Å². The number of sulfonamides is 1.